The Hall–Kier alpha value is -1.96. The van der Waals surface area contributed by atoms with Crippen LogP contribution in [0.15, 0.2) is 115 Å². The molecular weight excluding hydrogens is 456 g/mol. The third-order valence-corrected chi connectivity index (χ3v) is 10.0. The van der Waals surface area contributed by atoms with Crippen molar-refractivity contribution >= 4 is 45.8 Å². The van der Waals surface area contributed by atoms with Gasteiger partial charge in [0.25, 0.3) is 0 Å². The minimum Gasteiger partial charge on any atom is -0.0620 e. The molecule has 0 N–H and O–H groups in total. The number of rotatable bonds is 5. The molecule has 0 saturated carbocycles. The van der Waals surface area contributed by atoms with Crippen LogP contribution >= 0.6 is 29.9 Å². The summed E-state index contributed by atoms with van der Waals surface area (Å²) in [7, 11) is -1.79. The van der Waals surface area contributed by atoms with E-state index < -0.39 is 7.26 Å². The Morgan fingerprint density at radius 2 is 0.852 bits per heavy atom. The Bertz CT molecular complexity index is 884. The molecule has 0 radical (unpaired) electrons. The number of hydrogen-bond acceptors (Lipinski definition) is 0. The van der Waals surface area contributed by atoms with Crippen molar-refractivity contribution < 1.29 is 0 Å². The molecule has 4 rings (SSSR count). The first-order valence-corrected chi connectivity index (χ1v) is 12.1. The van der Waals surface area contributed by atoms with E-state index in [1.165, 1.54) is 25.0 Å². The van der Waals surface area contributed by atoms with E-state index >= 15 is 0 Å². The van der Waals surface area contributed by atoms with Gasteiger partial charge in [0.15, 0.2) is 0 Å². The largest absolute Gasteiger partial charge is 0.116 e. The van der Waals surface area contributed by atoms with Crippen LogP contribution in [0, 0.1) is 3.57 Å². The molecule has 0 bridgehead atoms. The van der Waals surface area contributed by atoms with Gasteiger partial charge in [-0.3, -0.25) is 0 Å². The minimum absolute atomic E-state index is 1.03. The van der Waals surface area contributed by atoms with Crippen molar-refractivity contribution in [2.24, 2.45) is 0 Å². The van der Waals surface area contributed by atoms with E-state index in [9.17, 15) is 0 Å². The van der Waals surface area contributed by atoms with Gasteiger partial charge >= 0.3 is 0 Å². The summed E-state index contributed by atoms with van der Waals surface area (Å²) in [5.41, 5.74) is 1.39. The lowest BCUT2D eigenvalue weighted by atomic mass is 10.2. The van der Waals surface area contributed by atoms with Gasteiger partial charge in [-0.15, -0.1) is 0 Å². The van der Waals surface area contributed by atoms with Crippen molar-refractivity contribution in [3.8, 4) is 0 Å². The van der Waals surface area contributed by atoms with Crippen LogP contribution in [0.25, 0.3) is 0 Å². The van der Waals surface area contributed by atoms with Gasteiger partial charge < -0.3 is 0 Å². The SMILES string of the molecule is [125I]c1ccc(C[P+](c2ccccc2)(c2ccccc2)c2ccccc2)cc1. The summed E-state index contributed by atoms with van der Waals surface area (Å²) in [4.78, 5) is 0. The summed E-state index contributed by atoms with van der Waals surface area (Å²) in [6.45, 7) is 0. The first-order valence-electron chi connectivity index (χ1n) is 9.08. The zero-order chi connectivity index (χ0) is 18.5. The van der Waals surface area contributed by atoms with Crippen LogP contribution in [0.2, 0.25) is 0 Å². The second-order valence-electron chi connectivity index (χ2n) is 6.60. The molecule has 0 aliphatic carbocycles. The molecule has 132 valence electrons. The normalized spacial score (nSPS) is 11.3. The standard InChI is InChI=1S/C25H21IP/c26-22-18-16-21(17-19-22)20-27(23-10-4-1-5-11-23,24-12-6-2-7-13-24)25-14-8-3-9-15-25/h1-19H,20H2/q+1/i26-2. The summed E-state index contributed by atoms with van der Waals surface area (Å²) in [5.74, 6) is 0. The Balaban J connectivity index is 1.98. The first kappa shape index (κ1) is 18.4. The quantitative estimate of drug-likeness (QED) is 0.252. The molecule has 2 heteroatoms. The van der Waals surface area contributed by atoms with Crippen LogP contribution in [0.3, 0.4) is 0 Å². The maximum atomic E-state index is 2.38. The van der Waals surface area contributed by atoms with Crippen LogP contribution < -0.4 is 15.9 Å². The topological polar surface area (TPSA) is 0 Å². The van der Waals surface area contributed by atoms with Crippen molar-refractivity contribution in [2.45, 2.75) is 6.16 Å². The zero-order valence-electron chi connectivity index (χ0n) is 15.0. The average Bonchev–Trinajstić information content (AvgIpc) is 2.75. The predicted octanol–water partition coefficient (Wildman–Crippen LogP) is 5.79. The van der Waals surface area contributed by atoms with E-state index in [1.54, 1.807) is 0 Å². The van der Waals surface area contributed by atoms with Crippen molar-refractivity contribution in [1.29, 1.82) is 0 Å². The molecule has 0 aliphatic rings. The number of hydrogen-bond donors (Lipinski definition) is 0. The molecule has 0 unspecified atom stereocenters. The van der Waals surface area contributed by atoms with Crippen LogP contribution in [0.1, 0.15) is 5.56 Å². The third-order valence-electron chi connectivity index (χ3n) is 4.92. The lowest BCUT2D eigenvalue weighted by Gasteiger charge is -2.27. The summed E-state index contributed by atoms with van der Waals surface area (Å²) in [5, 5.41) is 4.29. The maximum absolute atomic E-state index is 2.38. The fraction of sp³-hybridized carbons (Fsp3) is 0.0400. The van der Waals surface area contributed by atoms with Gasteiger partial charge in [0, 0.05) is 3.57 Å². The number of benzene rings is 4. The molecule has 4 aromatic rings. The van der Waals surface area contributed by atoms with Gasteiger partial charge in [-0.25, -0.2) is 0 Å². The Morgan fingerprint density at radius 3 is 1.22 bits per heavy atom. The Morgan fingerprint density at radius 1 is 0.481 bits per heavy atom. The van der Waals surface area contributed by atoms with E-state index in [-0.39, 0.29) is 0 Å². The molecule has 0 heterocycles. The maximum Gasteiger partial charge on any atom is 0.116 e. The molecule has 0 fully saturated rings. The summed E-state index contributed by atoms with van der Waals surface area (Å²) >= 11 is 2.38. The van der Waals surface area contributed by atoms with Crippen molar-refractivity contribution in [2.75, 3.05) is 0 Å². The summed E-state index contributed by atoms with van der Waals surface area (Å²) in [6, 6.07) is 42.2. The van der Waals surface area contributed by atoms with Gasteiger partial charge in [0.05, 0.1) is 6.16 Å². The van der Waals surface area contributed by atoms with E-state index in [1.807, 2.05) is 0 Å². The van der Waals surface area contributed by atoms with Gasteiger partial charge in [0.1, 0.15) is 23.2 Å². The lowest BCUT2D eigenvalue weighted by Crippen LogP contribution is -2.32. The fourth-order valence-corrected chi connectivity index (χ4v) is 8.24. The van der Waals surface area contributed by atoms with Gasteiger partial charge in [-0.2, -0.15) is 0 Å². The first-order chi connectivity index (χ1) is 13.3. The highest BCUT2D eigenvalue weighted by atomic mass is 125. The van der Waals surface area contributed by atoms with E-state index in [0.29, 0.717) is 0 Å². The van der Waals surface area contributed by atoms with Crippen LogP contribution in [-0.2, 0) is 6.16 Å². The van der Waals surface area contributed by atoms with Crippen LogP contribution in [-0.4, -0.2) is 0 Å². The average molecular weight is 477 g/mol. The highest BCUT2D eigenvalue weighted by molar-refractivity contribution is 14.1. The Labute approximate surface area is 175 Å². The van der Waals surface area contributed by atoms with E-state index in [4.69, 9.17) is 0 Å². The summed E-state index contributed by atoms with van der Waals surface area (Å²) in [6.07, 6.45) is 1.03. The molecule has 0 amide bonds. The second-order valence-corrected chi connectivity index (χ2v) is 11.3. The van der Waals surface area contributed by atoms with Crippen molar-refractivity contribution in [1.82, 2.24) is 0 Å². The minimum atomic E-state index is -1.79. The monoisotopic (exact) mass is 477 g/mol. The lowest BCUT2D eigenvalue weighted by molar-refractivity contribution is 1.38. The zero-order valence-corrected chi connectivity index (χ0v) is 18.1. The molecular formula is C25H21IP+. The highest BCUT2D eigenvalue weighted by Crippen LogP contribution is 2.58. The predicted molar refractivity (Wildman–Crippen MR) is 128 cm³/mol. The van der Waals surface area contributed by atoms with Crippen molar-refractivity contribution in [3.05, 3.63) is 124 Å². The molecule has 27 heavy (non-hydrogen) atoms. The van der Waals surface area contributed by atoms with E-state index in [2.05, 4.69) is 138 Å². The molecule has 0 saturated heterocycles. The number of halogens is 1. The fourth-order valence-electron chi connectivity index (χ4n) is 3.63. The van der Waals surface area contributed by atoms with Crippen LogP contribution in [0.5, 0.6) is 0 Å². The molecule has 4 aromatic carbocycles. The Kier molecular flexibility index (Phi) is 5.71. The highest BCUT2D eigenvalue weighted by Gasteiger charge is 2.45. The molecule has 0 nitrogen and oxygen atoms in total. The summed E-state index contributed by atoms with van der Waals surface area (Å²) < 4.78 is 1.28. The molecule has 0 aromatic heterocycles. The van der Waals surface area contributed by atoms with Crippen molar-refractivity contribution in [3.63, 3.8) is 0 Å². The molecule has 0 spiro atoms. The second kappa shape index (κ2) is 8.37. The van der Waals surface area contributed by atoms with E-state index in [0.717, 1.165) is 6.16 Å². The van der Waals surface area contributed by atoms with Gasteiger partial charge in [-0.1, -0.05) is 66.7 Å². The van der Waals surface area contributed by atoms with Crippen LogP contribution in [0.4, 0.5) is 0 Å². The molecule has 0 atom stereocenters. The third kappa shape index (κ3) is 3.85. The smallest absolute Gasteiger partial charge is 0.0620 e. The van der Waals surface area contributed by atoms with Gasteiger partial charge in [0.2, 0.25) is 0 Å². The molecule has 0 aliphatic heterocycles. The van der Waals surface area contributed by atoms with Gasteiger partial charge in [-0.05, 0) is 76.7 Å².